The van der Waals surface area contributed by atoms with Crippen LogP contribution < -0.4 is 0 Å². The predicted molar refractivity (Wildman–Crippen MR) is 45.0 cm³/mol. The van der Waals surface area contributed by atoms with Crippen molar-refractivity contribution in [1.29, 1.82) is 0 Å². The number of piperidine rings is 1. The quantitative estimate of drug-likeness (QED) is 0.501. The van der Waals surface area contributed by atoms with Crippen LogP contribution in [-0.2, 0) is 0 Å². The van der Waals surface area contributed by atoms with E-state index in [4.69, 9.17) is 0 Å². The molecule has 0 saturated carbocycles. The number of nitrogens with zero attached hydrogens (tertiary/aromatic N) is 1. The lowest BCUT2D eigenvalue weighted by atomic mass is 9.97. The van der Waals surface area contributed by atoms with E-state index < -0.39 is 0 Å². The van der Waals surface area contributed by atoms with Crippen molar-refractivity contribution in [3.05, 3.63) is 12.2 Å². The molecular weight excluding hydrogens is 122 g/mol. The molecular formula is C9H17N. The van der Waals surface area contributed by atoms with Gasteiger partial charge in [0.15, 0.2) is 0 Å². The molecule has 58 valence electrons. The van der Waals surface area contributed by atoms with Crippen molar-refractivity contribution in [2.75, 3.05) is 20.1 Å². The van der Waals surface area contributed by atoms with E-state index in [0.717, 1.165) is 5.92 Å². The fourth-order valence-corrected chi connectivity index (χ4v) is 1.49. The van der Waals surface area contributed by atoms with Gasteiger partial charge in [-0.2, -0.15) is 0 Å². The molecule has 1 heterocycles. The van der Waals surface area contributed by atoms with Gasteiger partial charge in [-0.1, -0.05) is 12.2 Å². The van der Waals surface area contributed by atoms with E-state index in [1.54, 1.807) is 0 Å². The molecule has 1 heteroatoms. The Hall–Kier alpha value is -0.300. The molecule has 0 bridgehead atoms. The summed E-state index contributed by atoms with van der Waals surface area (Å²) in [5.41, 5.74) is 0. The first-order valence-electron chi connectivity index (χ1n) is 4.14. The van der Waals surface area contributed by atoms with Crippen LogP contribution in [0.15, 0.2) is 12.2 Å². The third kappa shape index (κ3) is 2.14. The molecule has 1 saturated heterocycles. The third-order valence-electron chi connectivity index (χ3n) is 2.23. The summed E-state index contributed by atoms with van der Waals surface area (Å²) in [6.07, 6.45) is 7.21. The molecule has 10 heavy (non-hydrogen) atoms. The summed E-state index contributed by atoms with van der Waals surface area (Å²) in [5.74, 6) is 0.862. The van der Waals surface area contributed by atoms with Gasteiger partial charge in [0.25, 0.3) is 0 Å². The average Bonchev–Trinajstić information content (AvgIpc) is 1.95. The number of hydrogen-bond acceptors (Lipinski definition) is 1. The van der Waals surface area contributed by atoms with E-state index in [2.05, 4.69) is 31.0 Å². The van der Waals surface area contributed by atoms with E-state index in [1.165, 1.54) is 25.9 Å². The van der Waals surface area contributed by atoms with Crippen molar-refractivity contribution < 1.29 is 0 Å². The lowest BCUT2D eigenvalue weighted by molar-refractivity contribution is 0.244. The van der Waals surface area contributed by atoms with E-state index in [1.807, 2.05) is 0 Å². The number of hydrogen-bond donors (Lipinski definition) is 0. The Bertz CT molecular complexity index is 110. The molecule has 1 rings (SSSR count). The van der Waals surface area contributed by atoms with Gasteiger partial charge in [0.1, 0.15) is 0 Å². The van der Waals surface area contributed by atoms with Gasteiger partial charge < -0.3 is 4.90 Å². The summed E-state index contributed by atoms with van der Waals surface area (Å²) in [4.78, 5) is 2.40. The van der Waals surface area contributed by atoms with Crippen molar-refractivity contribution in [1.82, 2.24) is 4.90 Å². The van der Waals surface area contributed by atoms with E-state index in [-0.39, 0.29) is 0 Å². The Morgan fingerprint density at radius 3 is 2.40 bits per heavy atom. The number of rotatable bonds is 1. The molecule has 1 fully saturated rings. The molecule has 0 atom stereocenters. The molecule has 0 aromatic rings. The third-order valence-corrected chi connectivity index (χ3v) is 2.23. The van der Waals surface area contributed by atoms with Crippen LogP contribution >= 0.6 is 0 Å². The summed E-state index contributed by atoms with van der Waals surface area (Å²) in [6, 6.07) is 0. The first kappa shape index (κ1) is 7.80. The highest BCUT2D eigenvalue weighted by Gasteiger charge is 2.12. The van der Waals surface area contributed by atoms with Gasteiger partial charge in [-0.25, -0.2) is 0 Å². The molecule has 0 aliphatic carbocycles. The van der Waals surface area contributed by atoms with Crippen LogP contribution in [-0.4, -0.2) is 25.0 Å². The summed E-state index contributed by atoms with van der Waals surface area (Å²) >= 11 is 0. The largest absolute Gasteiger partial charge is 0.306 e. The molecule has 0 N–H and O–H groups in total. The van der Waals surface area contributed by atoms with Crippen LogP contribution in [0.25, 0.3) is 0 Å². The highest BCUT2D eigenvalue weighted by Crippen LogP contribution is 2.16. The zero-order valence-corrected chi connectivity index (χ0v) is 7.01. The standard InChI is InChI=1S/C9H17N/c1-3-4-9-5-7-10(2)8-6-9/h3-4,9H,5-8H2,1-2H3. The maximum absolute atomic E-state index is 2.40. The Morgan fingerprint density at radius 1 is 1.30 bits per heavy atom. The van der Waals surface area contributed by atoms with Crippen molar-refractivity contribution in [3.8, 4) is 0 Å². The molecule has 1 aliphatic heterocycles. The SMILES string of the molecule is CC=CC1CCN(C)CC1. The highest BCUT2D eigenvalue weighted by molar-refractivity contribution is 4.88. The zero-order valence-electron chi connectivity index (χ0n) is 7.01. The van der Waals surface area contributed by atoms with Crippen molar-refractivity contribution in [3.63, 3.8) is 0 Å². The molecule has 0 spiro atoms. The smallest absolute Gasteiger partial charge is 0.00162 e. The molecule has 1 nitrogen and oxygen atoms in total. The Kier molecular flexibility index (Phi) is 2.94. The number of allylic oxidation sites excluding steroid dienone is 2. The second-order valence-corrected chi connectivity index (χ2v) is 3.17. The molecule has 0 unspecified atom stereocenters. The van der Waals surface area contributed by atoms with Gasteiger partial charge in [-0.15, -0.1) is 0 Å². The van der Waals surface area contributed by atoms with Gasteiger partial charge in [0, 0.05) is 0 Å². The first-order chi connectivity index (χ1) is 4.83. The van der Waals surface area contributed by atoms with Crippen molar-refractivity contribution >= 4 is 0 Å². The van der Waals surface area contributed by atoms with E-state index >= 15 is 0 Å². The molecule has 0 amide bonds. The van der Waals surface area contributed by atoms with Crippen LogP contribution in [0.1, 0.15) is 19.8 Å². The monoisotopic (exact) mass is 139 g/mol. The van der Waals surface area contributed by atoms with Crippen molar-refractivity contribution in [2.24, 2.45) is 5.92 Å². The fourth-order valence-electron chi connectivity index (χ4n) is 1.49. The first-order valence-corrected chi connectivity index (χ1v) is 4.14. The summed E-state index contributed by atoms with van der Waals surface area (Å²) in [6.45, 7) is 4.66. The van der Waals surface area contributed by atoms with Gasteiger partial charge in [0.05, 0.1) is 0 Å². The second kappa shape index (κ2) is 3.77. The second-order valence-electron chi connectivity index (χ2n) is 3.17. The van der Waals surface area contributed by atoms with Gasteiger partial charge in [-0.3, -0.25) is 0 Å². The van der Waals surface area contributed by atoms with Crippen LogP contribution in [0, 0.1) is 5.92 Å². The maximum Gasteiger partial charge on any atom is -0.00162 e. The molecule has 1 aliphatic rings. The Morgan fingerprint density at radius 2 is 1.90 bits per heavy atom. The lowest BCUT2D eigenvalue weighted by Crippen LogP contribution is -2.29. The molecule has 0 aromatic heterocycles. The minimum Gasteiger partial charge on any atom is -0.306 e. The van der Waals surface area contributed by atoms with Crippen LogP contribution in [0.3, 0.4) is 0 Å². The summed E-state index contributed by atoms with van der Waals surface area (Å²) in [7, 11) is 2.20. The van der Waals surface area contributed by atoms with Gasteiger partial charge in [0.2, 0.25) is 0 Å². The van der Waals surface area contributed by atoms with Crippen LogP contribution in [0.4, 0.5) is 0 Å². The van der Waals surface area contributed by atoms with E-state index in [0.29, 0.717) is 0 Å². The molecule has 0 radical (unpaired) electrons. The van der Waals surface area contributed by atoms with Gasteiger partial charge >= 0.3 is 0 Å². The van der Waals surface area contributed by atoms with Crippen LogP contribution in [0.5, 0.6) is 0 Å². The zero-order chi connectivity index (χ0) is 7.40. The topological polar surface area (TPSA) is 3.24 Å². The minimum atomic E-state index is 0.862. The highest BCUT2D eigenvalue weighted by atomic mass is 15.1. The Balaban J connectivity index is 2.26. The normalized spacial score (nSPS) is 24.2. The molecule has 0 aromatic carbocycles. The minimum absolute atomic E-state index is 0.862. The summed E-state index contributed by atoms with van der Waals surface area (Å²) < 4.78 is 0. The van der Waals surface area contributed by atoms with Crippen LogP contribution in [0.2, 0.25) is 0 Å². The maximum atomic E-state index is 2.40. The fraction of sp³-hybridized carbons (Fsp3) is 0.778. The summed E-state index contributed by atoms with van der Waals surface area (Å²) in [5, 5.41) is 0. The van der Waals surface area contributed by atoms with E-state index in [9.17, 15) is 0 Å². The predicted octanol–water partition coefficient (Wildman–Crippen LogP) is 1.90. The van der Waals surface area contributed by atoms with Gasteiger partial charge in [-0.05, 0) is 45.8 Å². The Labute approximate surface area is 63.7 Å². The lowest BCUT2D eigenvalue weighted by Gasteiger charge is -2.26. The van der Waals surface area contributed by atoms with Crippen molar-refractivity contribution in [2.45, 2.75) is 19.8 Å². The average molecular weight is 139 g/mol. The number of likely N-dealkylation sites (tertiary alicyclic amines) is 1.